The summed E-state index contributed by atoms with van der Waals surface area (Å²) in [5, 5.41) is 3.77. The first-order valence-electron chi connectivity index (χ1n) is 8.47. The van der Waals surface area contributed by atoms with Gasteiger partial charge < -0.3 is 5.32 Å². The number of rotatable bonds is 5. The second kappa shape index (κ2) is 8.50. The summed E-state index contributed by atoms with van der Waals surface area (Å²) in [6, 6.07) is 25.4. The molecule has 1 atom stereocenters. The van der Waals surface area contributed by atoms with Gasteiger partial charge in [-0.25, -0.2) is 0 Å². The minimum Gasteiger partial charge on any atom is -0.342 e. The summed E-state index contributed by atoms with van der Waals surface area (Å²) >= 11 is 5.89. The molecule has 0 spiro atoms. The number of amides is 1. The molecule has 0 aliphatic heterocycles. The Balaban J connectivity index is 1.80. The quantitative estimate of drug-likeness (QED) is 0.591. The molecule has 0 radical (unpaired) electrons. The molecule has 26 heavy (non-hydrogen) atoms. The van der Waals surface area contributed by atoms with Crippen LogP contribution in [-0.4, -0.2) is 5.91 Å². The van der Waals surface area contributed by atoms with E-state index in [9.17, 15) is 4.79 Å². The third kappa shape index (κ3) is 4.84. The van der Waals surface area contributed by atoms with Crippen molar-refractivity contribution in [1.29, 1.82) is 0 Å². The topological polar surface area (TPSA) is 29.1 Å². The number of benzene rings is 3. The molecule has 0 saturated heterocycles. The van der Waals surface area contributed by atoms with E-state index in [-0.39, 0.29) is 11.9 Å². The van der Waals surface area contributed by atoms with Crippen LogP contribution in [0.1, 0.15) is 28.3 Å². The number of nitrogens with one attached hydrogen (secondary N) is 1. The van der Waals surface area contributed by atoms with Crippen LogP contribution in [0.5, 0.6) is 0 Å². The van der Waals surface area contributed by atoms with Gasteiger partial charge >= 0.3 is 0 Å². The van der Waals surface area contributed by atoms with E-state index in [0.717, 1.165) is 16.7 Å². The van der Waals surface area contributed by atoms with E-state index in [1.54, 1.807) is 24.3 Å². The Bertz CT molecular complexity index is 884. The highest BCUT2D eigenvalue weighted by Crippen LogP contribution is 2.22. The number of halogens is 1. The summed E-state index contributed by atoms with van der Waals surface area (Å²) in [6.07, 6.45) is 3.33. The Kier molecular flexibility index (Phi) is 5.88. The van der Waals surface area contributed by atoms with Crippen molar-refractivity contribution in [2.75, 3.05) is 0 Å². The average molecular weight is 362 g/mol. The summed E-state index contributed by atoms with van der Waals surface area (Å²) in [6.45, 7) is 2.05. The third-order valence-electron chi connectivity index (χ3n) is 4.13. The summed E-state index contributed by atoms with van der Waals surface area (Å²) < 4.78 is 0. The number of hydrogen-bond acceptors (Lipinski definition) is 1. The zero-order chi connectivity index (χ0) is 18.4. The van der Waals surface area contributed by atoms with Crippen LogP contribution in [0.2, 0.25) is 5.02 Å². The van der Waals surface area contributed by atoms with Crippen molar-refractivity contribution in [1.82, 2.24) is 5.32 Å². The molecule has 1 N–H and O–H groups in total. The molecule has 3 aromatic rings. The third-order valence-corrected chi connectivity index (χ3v) is 4.38. The van der Waals surface area contributed by atoms with Gasteiger partial charge in [-0.05, 0) is 41.8 Å². The molecule has 0 aliphatic carbocycles. The lowest BCUT2D eigenvalue weighted by Gasteiger charge is -2.19. The molecule has 0 aromatic heterocycles. The fraction of sp³-hybridized carbons (Fsp3) is 0.0870. The van der Waals surface area contributed by atoms with Gasteiger partial charge in [0.25, 0.3) is 0 Å². The molecule has 0 fully saturated rings. The van der Waals surface area contributed by atoms with Crippen LogP contribution in [0.4, 0.5) is 0 Å². The number of carbonyl (C=O) groups is 1. The van der Waals surface area contributed by atoms with E-state index in [4.69, 9.17) is 11.6 Å². The van der Waals surface area contributed by atoms with Crippen LogP contribution in [0.25, 0.3) is 6.08 Å². The van der Waals surface area contributed by atoms with Crippen molar-refractivity contribution in [2.24, 2.45) is 0 Å². The first-order valence-corrected chi connectivity index (χ1v) is 8.85. The van der Waals surface area contributed by atoms with Crippen molar-refractivity contribution < 1.29 is 4.79 Å². The van der Waals surface area contributed by atoms with E-state index in [0.29, 0.717) is 5.02 Å². The van der Waals surface area contributed by atoms with Crippen LogP contribution >= 0.6 is 11.6 Å². The maximum absolute atomic E-state index is 12.5. The zero-order valence-corrected chi connectivity index (χ0v) is 15.3. The molecule has 0 saturated carbocycles. The van der Waals surface area contributed by atoms with Crippen molar-refractivity contribution in [3.8, 4) is 0 Å². The highest BCUT2D eigenvalue weighted by Gasteiger charge is 2.15. The summed E-state index contributed by atoms with van der Waals surface area (Å²) in [7, 11) is 0. The maximum Gasteiger partial charge on any atom is 0.244 e. The van der Waals surface area contributed by atoms with Gasteiger partial charge in [0.05, 0.1) is 6.04 Å². The molecule has 0 aliphatic rings. The van der Waals surface area contributed by atoms with Gasteiger partial charge in [-0.3, -0.25) is 4.79 Å². The van der Waals surface area contributed by atoms with Gasteiger partial charge in [0, 0.05) is 11.1 Å². The largest absolute Gasteiger partial charge is 0.342 e. The Morgan fingerprint density at radius 2 is 1.50 bits per heavy atom. The van der Waals surface area contributed by atoms with Gasteiger partial charge in [-0.1, -0.05) is 83.9 Å². The molecule has 3 rings (SSSR count). The molecule has 1 amide bonds. The number of hydrogen-bond donors (Lipinski definition) is 1. The molecule has 0 heterocycles. The van der Waals surface area contributed by atoms with Crippen LogP contribution < -0.4 is 5.32 Å². The molecule has 0 bridgehead atoms. The Hall–Kier alpha value is -2.84. The van der Waals surface area contributed by atoms with Crippen LogP contribution in [0, 0.1) is 6.92 Å². The Morgan fingerprint density at radius 1 is 0.885 bits per heavy atom. The van der Waals surface area contributed by atoms with Gasteiger partial charge in [0.1, 0.15) is 0 Å². The van der Waals surface area contributed by atoms with Crippen LogP contribution in [0.3, 0.4) is 0 Å². The fourth-order valence-corrected chi connectivity index (χ4v) is 2.83. The van der Waals surface area contributed by atoms with Gasteiger partial charge in [-0.2, -0.15) is 0 Å². The van der Waals surface area contributed by atoms with Crippen molar-refractivity contribution in [2.45, 2.75) is 13.0 Å². The Morgan fingerprint density at radius 3 is 2.15 bits per heavy atom. The van der Waals surface area contributed by atoms with E-state index < -0.39 is 0 Å². The molecular weight excluding hydrogens is 342 g/mol. The molecule has 2 nitrogen and oxygen atoms in total. The normalized spacial score (nSPS) is 12.1. The highest BCUT2D eigenvalue weighted by atomic mass is 35.5. The average Bonchev–Trinajstić information content (AvgIpc) is 2.67. The van der Waals surface area contributed by atoms with Gasteiger partial charge in [0.15, 0.2) is 0 Å². The summed E-state index contributed by atoms with van der Waals surface area (Å²) in [4.78, 5) is 12.5. The van der Waals surface area contributed by atoms with Crippen LogP contribution in [-0.2, 0) is 4.79 Å². The second-order valence-corrected chi connectivity index (χ2v) is 6.58. The van der Waals surface area contributed by atoms with Crippen molar-refractivity contribution in [3.63, 3.8) is 0 Å². The minimum absolute atomic E-state index is 0.144. The molecule has 0 unspecified atom stereocenters. The monoisotopic (exact) mass is 361 g/mol. The minimum atomic E-state index is -0.195. The number of carbonyl (C=O) groups excluding carboxylic acids is 1. The lowest BCUT2D eigenvalue weighted by molar-refractivity contribution is -0.116. The first-order chi connectivity index (χ1) is 12.6. The standard InChI is InChI=1S/C23H20ClNO/c1-17-7-12-20(13-8-17)23(19-5-3-2-4-6-19)25-22(26)16-11-18-9-14-21(24)15-10-18/h2-16,23H,1H3,(H,25,26)/b16-11+/t23-/m0/s1. The van der Waals surface area contributed by atoms with Gasteiger partial charge in [0.2, 0.25) is 5.91 Å². The van der Waals surface area contributed by atoms with E-state index >= 15 is 0 Å². The van der Waals surface area contributed by atoms with Crippen molar-refractivity contribution >= 4 is 23.6 Å². The van der Waals surface area contributed by atoms with E-state index in [1.165, 1.54) is 5.56 Å². The van der Waals surface area contributed by atoms with Gasteiger partial charge in [-0.15, -0.1) is 0 Å². The lowest BCUT2D eigenvalue weighted by Crippen LogP contribution is -2.27. The molecule has 3 heteroatoms. The Labute approximate surface area is 159 Å². The zero-order valence-electron chi connectivity index (χ0n) is 14.5. The first kappa shape index (κ1) is 18.0. The highest BCUT2D eigenvalue weighted by molar-refractivity contribution is 6.30. The maximum atomic E-state index is 12.5. The van der Waals surface area contributed by atoms with E-state index in [2.05, 4.69) is 36.5 Å². The van der Waals surface area contributed by atoms with Crippen molar-refractivity contribution in [3.05, 3.63) is 112 Å². The lowest BCUT2D eigenvalue weighted by atomic mass is 9.98. The molecule has 3 aromatic carbocycles. The van der Waals surface area contributed by atoms with E-state index in [1.807, 2.05) is 42.5 Å². The molecular formula is C23H20ClNO. The second-order valence-electron chi connectivity index (χ2n) is 6.15. The fourth-order valence-electron chi connectivity index (χ4n) is 2.70. The summed E-state index contributed by atoms with van der Waals surface area (Å²) in [5.41, 5.74) is 4.21. The summed E-state index contributed by atoms with van der Waals surface area (Å²) in [5.74, 6) is -0.144. The smallest absolute Gasteiger partial charge is 0.244 e. The number of aryl methyl sites for hydroxylation is 1. The predicted molar refractivity (Wildman–Crippen MR) is 108 cm³/mol. The molecule has 130 valence electrons. The predicted octanol–water partition coefficient (Wildman–Crippen LogP) is 5.57. The van der Waals surface area contributed by atoms with Crippen LogP contribution in [0.15, 0.2) is 84.9 Å². The SMILES string of the molecule is Cc1ccc([C@@H](NC(=O)/C=C/c2ccc(Cl)cc2)c2ccccc2)cc1.